The van der Waals surface area contributed by atoms with E-state index in [-0.39, 0.29) is 10.8 Å². The molecule has 0 aromatic carbocycles. The first-order valence-electron chi connectivity index (χ1n) is 9.19. The van der Waals surface area contributed by atoms with Crippen LogP contribution < -0.4 is 10.5 Å². The number of carbonyl (C=O) groups is 1. The third-order valence-corrected chi connectivity index (χ3v) is 8.65. The highest BCUT2D eigenvalue weighted by Gasteiger charge is 2.20. The SMILES string of the molecule is Nc1nc(COC(=O)CNS(=O)(=O)c2cccs2)nc2sc3c(c12)CCCCC3. The van der Waals surface area contributed by atoms with E-state index in [1.807, 2.05) is 0 Å². The molecule has 11 heteroatoms. The Morgan fingerprint density at radius 2 is 2.07 bits per heavy atom. The number of nitrogens with zero attached hydrogens (tertiary/aromatic N) is 2. The molecule has 154 valence electrons. The van der Waals surface area contributed by atoms with Gasteiger partial charge >= 0.3 is 5.97 Å². The maximum atomic E-state index is 12.0. The minimum Gasteiger partial charge on any atom is -0.456 e. The molecule has 0 radical (unpaired) electrons. The van der Waals surface area contributed by atoms with Crippen LogP contribution in [0.3, 0.4) is 0 Å². The number of nitrogens with two attached hydrogens (primary N) is 1. The summed E-state index contributed by atoms with van der Waals surface area (Å²) in [6, 6.07) is 3.09. The molecule has 0 bridgehead atoms. The van der Waals surface area contributed by atoms with Crippen LogP contribution in [0.4, 0.5) is 5.82 Å². The number of fused-ring (bicyclic) bond motifs is 3. The van der Waals surface area contributed by atoms with Crippen LogP contribution in [0.2, 0.25) is 0 Å². The van der Waals surface area contributed by atoms with Crippen molar-refractivity contribution in [3.8, 4) is 0 Å². The lowest BCUT2D eigenvalue weighted by Gasteiger charge is -2.07. The molecule has 8 nitrogen and oxygen atoms in total. The Balaban J connectivity index is 1.41. The van der Waals surface area contributed by atoms with Gasteiger partial charge in [0.25, 0.3) is 10.0 Å². The smallest absolute Gasteiger partial charge is 0.321 e. The van der Waals surface area contributed by atoms with E-state index < -0.39 is 22.5 Å². The molecule has 0 unspecified atom stereocenters. The summed E-state index contributed by atoms with van der Waals surface area (Å²) in [6.07, 6.45) is 5.54. The van der Waals surface area contributed by atoms with Gasteiger partial charge in [0, 0.05) is 4.88 Å². The summed E-state index contributed by atoms with van der Waals surface area (Å²) in [7, 11) is -3.72. The fourth-order valence-electron chi connectivity index (χ4n) is 3.31. The first kappa shape index (κ1) is 20.2. The topological polar surface area (TPSA) is 124 Å². The van der Waals surface area contributed by atoms with E-state index in [1.54, 1.807) is 22.8 Å². The molecule has 0 aliphatic heterocycles. The molecule has 0 atom stereocenters. The molecule has 0 saturated carbocycles. The molecule has 3 aromatic heterocycles. The Kier molecular flexibility index (Phi) is 5.81. The average Bonchev–Trinajstić information content (AvgIpc) is 3.29. The number of nitrogen functional groups attached to an aromatic ring is 1. The van der Waals surface area contributed by atoms with Crippen molar-refractivity contribution >= 4 is 54.7 Å². The van der Waals surface area contributed by atoms with Gasteiger partial charge in [-0.25, -0.2) is 18.4 Å². The average molecular weight is 453 g/mol. The third-order valence-electron chi connectivity index (χ3n) is 4.67. The summed E-state index contributed by atoms with van der Waals surface area (Å²) in [6.45, 7) is -0.631. The van der Waals surface area contributed by atoms with Gasteiger partial charge in [-0.3, -0.25) is 4.79 Å². The van der Waals surface area contributed by atoms with Gasteiger partial charge < -0.3 is 10.5 Å². The number of sulfonamides is 1. The number of ether oxygens (including phenoxy) is 1. The van der Waals surface area contributed by atoms with E-state index >= 15 is 0 Å². The van der Waals surface area contributed by atoms with Crippen LogP contribution >= 0.6 is 22.7 Å². The number of anilines is 1. The zero-order valence-corrected chi connectivity index (χ0v) is 18.0. The minimum atomic E-state index is -3.72. The maximum absolute atomic E-state index is 12.0. The summed E-state index contributed by atoms with van der Waals surface area (Å²) in [4.78, 5) is 22.9. The van der Waals surface area contributed by atoms with Crippen molar-refractivity contribution in [2.45, 2.75) is 42.9 Å². The molecular weight excluding hydrogens is 432 g/mol. The molecule has 0 spiro atoms. The van der Waals surface area contributed by atoms with E-state index in [9.17, 15) is 13.2 Å². The molecule has 29 heavy (non-hydrogen) atoms. The van der Waals surface area contributed by atoms with Crippen LogP contribution in [-0.2, 0) is 39.0 Å². The van der Waals surface area contributed by atoms with Crippen molar-refractivity contribution in [1.29, 1.82) is 0 Å². The Hall–Kier alpha value is -2.08. The number of rotatable bonds is 6. The van der Waals surface area contributed by atoms with Crippen molar-refractivity contribution in [2.24, 2.45) is 0 Å². The quantitative estimate of drug-likeness (QED) is 0.435. The van der Waals surface area contributed by atoms with Crippen molar-refractivity contribution in [2.75, 3.05) is 12.3 Å². The molecular formula is C18H20N4O4S3. The second-order valence-electron chi connectivity index (χ2n) is 6.69. The fourth-order valence-corrected chi connectivity index (χ4v) is 6.60. The van der Waals surface area contributed by atoms with E-state index in [0.717, 1.165) is 40.8 Å². The van der Waals surface area contributed by atoms with Crippen LogP contribution in [0.25, 0.3) is 10.2 Å². The number of thiophene rings is 2. The number of esters is 1. The highest BCUT2D eigenvalue weighted by molar-refractivity contribution is 7.91. The molecule has 0 fully saturated rings. The predicted molar refractivity (Wildman–Crippen MR) is 112 cm³/mol. The number of hydrogen-bond acceptors (Lipinski definition) is 9. The van der Waals surface area contributed by atoms with Crippen molar-refractivity contribution < 1.29 is 17.9 Å². The Morgan fingerprint density at radius 1 is 1.24 bits per heavy atom. The molecule has 4 rings (SSSR count). The largest absolute Gasteiger partial charge is 0.456 e. The molecule has 3 N–H and O–H groups in total. The number of aromatic nitrogens is 2. The standard InChI is InChI=1S/C18H20N4O4S3/c19-17-16-11-5-2-1-3-6-12(11)28-18(16)22-13(21-17)10-26-14(23)9-20-29(24,25)15-7-4-8-27-15/h4,7-8,20H,1-3,5-6,9-10H2,(H2,19,21,22). The van der Waals surface area contributed by atoms with Gasteiger partial charge in [-0.2, -0.15) is 4.72 Å². The van der Waals surface area contributed by atoms with E-state index in [4.69, 9.17) is 10.5 Å². The number of aryl methyl sites for hydroxylation is 2. The summed E-state index contributed by atoms with van der Waals surface area (Å²) >= 11 is 2.70. The number of carbonyl (C=O) groups excluding carboxylic acids is 1. The first-order valence-corrected chi connectivity index (χ1v) is 12.4. The predicted octanol–water partition coefficient (Wildman–Crippen LogP) is 2.63. The highest BCUT2D eigenvalue weighted by Crippen LogP contribution is 2.37. The normalized spacial score (nSPS) is 14.5. The van der Waals surface area contributed by atoms with Crippen LogP contribution in [0.5, 0.6) is 0 Å². The van der Waals surface area contributed by atoms with Gasteiger partial charge in [0.2, 0.25) is 0 Å². The molecule has 1 aliphatic rings. The lowest BCUT2D eigenvalue weighted by molar-refractivity contribution is -0.143. The monoisotopic (exact) mass is 452 g/mol. The summed E-state index contributed by atoms with van der Waals surface area (Å²) in [5.74, 6) is -0.00548. The number of hydrogen-bond donors (Lipinski definition) is 2. The van der Waals surface area contributed by atoms with Crippen molar-refractivity contribution in [1.82, 2.24) is 14.7 Å². The Labute approximate surface area is 176 Å². The Morgan fingerprint density at radius 3 is 2.86 bits per heavy atom. The zero-order chi connectivity index (χ0) is 20.4. The van der Waals surface area contributed by atoms with Gasteiger partial charge in [0.1, 0.15) is 21.4 Å². The second kappa shape index (κ2) is 8.34. The Bertz CT molecular complexity index is 1140. The molecule has 0 amide bonds. The van der Waals surface area contributed by atoms with Crippen molar-refractivity contribution in [3.63, 3.8) is 0 Å². The van der Waals surface area contributed by atoms with Gasteiger partial charge in [0.15, 0.2) is 12.4 Å². The van der Waals surface area contributed by atoms with Gasteiger partial charge in [-0.1, -0.05) is 12.5 Å². The van der Waals surface area contributed by atoms with Gasteiger partial charge in [-0.15, -0.1) is 22.7 Å². The van der Waals surface area contributed by atoms with E-state index in [1.165, 1.54) is 29.3 Å². The summed E-state index contributed by atoms with van der Waals surface area (Å²) < 4.78 is 31.6. The van der Waals surface area contributed by atoms with Gasteiger partial charge in [0.05, 0.1) is 5.39 Å². The van der Waals surface area contributed by atoms with Crippen molar-refractivity contribution in [3.05, 3.63) is 33.8 Å². The first-order chi connectivity index (χ1) is 13.9. The minimum absolute atomic E-state index is 0.143. The third kappa shape index (κ3) is 4.42. The van der Waals surface area contributed by atoms with E-state index in [0.29, 0.717) is 11.6 Å². The molecule has 3 heterocycles. The molecule has 1 aliphatic carbocycles. The van der Waals surface area contributed by atoms with Crippen LogP contribution in [-0.4, -0.2) is 30.9 Å². The second-order valence-corrected chi connectivity index (χ2v) is 10.7. The van der Waals surface area contributed by atoms with E-state index in [2.05, 4.69) is 14.7 Å². The highest BCUT2D eigenvalue weighted by atomic mass is 32.2. The maximum Gasteiger partial charge on any atom is 0.321 e. The van der Waals surface area contributed by atoms with Crippen LogP contribution in [0.1, 0.15) is 35.5 Å². The summed E-state index contributed by atoms with van der Waals surface area (Å²) in [5, 5.41) is 2.57. The molecule has 3 aromatic rings. The van der Waals surface area contributed by atoms with Gasteiger partial charge in [-0.05, 0) is 42.7 Å². The van der Waals surface area contributed by atoms with Crippen LogP contribution in [0.15, 0.2) is 21.7 Å². The van der Waals surface area contributed by atoms with Crippen LogP contribution in [0, 0.1) is 0 Å². The lowest BCUT2D eigenvalue weighted by atomic mass is 10.1. The zero-order valence-electron chi connectivity index (χ0n) is 15.5. The molecule has 0 saturated heterocycles. The summed E-state index contributed by atoms with van der Waals surface area (Å²) in [5.41, 5.74) is 7.43. The fraction of sp³-hybridized carbons (Fsp3) is 0.389. The lowest BCUT2D eigenvalue weighted by Crippen LogP contribution is -2.30. The number of nitrogens with one attached hydrogen (secondary N) is 1.